The van der Waals surface area contributed by atoms with E-state index in [-0.39, 0.29) is 51.4 Å². The number of rotatable bonds is 3. The van der Waals surface area contributed by atoms with Gasteiger partial charge in [0.25, 0.3) is 0 Å². The molecule has 0 aliphatic rings. The molecule has 1 rings (SSSR count). The zero-order valence-corrected chi connectivity index (χ0v) is 13.4. The largest absolute Gasteiger partial charge is 1.00 e. The molecule has 0 aliphatic carbocycles. The zero-order chi connectivity index (χ0) is 13.4. The summed E-state index contributed by atoms with van der Waals surface area (Å²) in [4.78, 5) is 17.7. The molecule has 9 nitrogen and oxygen atoms in total. The van der Waals surface area contributed by atoms with Crippen molar-refractivity contribution in [1.82, 2.24) is 0 Å². The fraction of sp³-hybridized carbons (Fsp3) is 0. The number of nitro benzene ring substituents is 2. The molecule has 0 fully saturated rings. The van der Waals surface area contributed by atoms with Gasteiger partial charge in [0.1, 0.15) is 15.1 Å². The van der Waals surface area contributed by atoms with Crippen LogP contribution in [0, 0.1) is 20.2 Å². The van der Waals surface area contributed by atoms with Gasteiger partial charge in [-0.1, -0.05) is 11.6 Å². The Labute approximate surface area is 148 Å². The monoisotopic (exact) mass is 320 g/mol. The van der Waals surface area contributed by atoms with Crippen molar-refractivity contribution in [3.63, 3.8) is 0 Å². The van der Waals surface area contributed by atoms with E-state index < -0.39 is 41.3 Å². The van der Waals surface area contributed by atoms with Crippen LogP contribution in [0.25, 0.3) is 0 Å². The van der Waals surface area contributed by atoms with Crippen LogP contribution >= 0.6 is 11.6 Å². The SMILES string of the molecule is O=[N+]([O-])c1cc(S(=O)(=O)[O-])cc(Cl)c1[N+](=O)[O-].[K+]. The van der Waals surface area contributed by atoms with Crippen LogP contribution in [0.15, 0.2) is 17.0 Å². The fourth-order valence-corrected chi connectivity index (χ4v) is 1.89. The Balaban J connectivity index is 0.00000289. The second kappa shape index (κ2) is 6.34. The van der Waals surface area contributed by atoms with E-state index >= 15 is 0 Å². The maximum Gasteiger partial charge on any atom is 1.00 e. The van der Waals surface area contributed by atoms with Gasteiger partial charge in [0.15, 0.2) is 0 Å². The number of benzene rings is 1. The molecule has 0 heterocycles. The van der Waals surface area contributed by atoms with Gasteiger partial charge in [-0.05, 0) is 6.07 Å². The first-order chi connectivity index (χ1) is 7.64. The molecular weight excluding hydrogens is 319 g/mol. The Hall–Kier alpha value is -0.144. The minimum atomic E-state index is -4.99. The molecule has 0 spiro atoms. The standard InChI is InChI=1S/C6H3ClN2O7S.K/c7-4-1-3(17(14,15)16)2-5(8(10)11)6(4)9(12)13;/h1-2H,(H,14,15,16);/q;+1/p-1. The molecule has 0 N–H and O–H groups in total. The van der Waals surface area contributed by atoms with Crippen LogP contribution in [0.4, 0.5) is 11.4 Å². The summed E-state index contributed by atoms with van der Waals surface area (Å²) in [5.41, 5.74) is -2.22. The first kappa shape index (κ1) is 17.9. The number of halogens is 1. The van der Waals surface area contributed by atoms with Crippen molar-refractivity contribution in [1.29, 1.82) is 0 Å². The molecule has 0 aromatic heterocycles. The molecule has 0 atom stereocenters. The molecule has 18 heavy (non-hydrogen) atoms. The van der Waals surface area contributed by atoms with E-state index in [9.17, 15) is 33.2 Å². The van der Waals surface area contributed by atoms with Crippen LogP contribution in [0.5, 0.6) is 0 Å². The third-order valence-electron chi connectivity index (χ3n) is 1.68. The number of hydrogen-bond donors (Lipinski definition) is 0. The molecule has 0 aliphatic heterocycles. The van der Waals surface area contributed by atoms with Gasteiger partial charge in [0, 0.05) is 6.07 Å². The summed E-state index contributed by atoms with van der Waals surface area (Å²) in [5, 5.41) is 20.2. The van der Waals surface area contributed by atoms with E-state index in [0.29, 0.717) is 12.1 Å². The maximum absolute atomic E-state index is 10.6. The Bertz CT molecular complexity index is 617. The number of hydrogen-bond acceptors (Lipinski definition) is 7. The van der Waals surface area contributed by atoms with Gasteiger partial charge in [-0.15, -0.1) is 0 Å². The van der Waals surface area contributed by atoms with Crippen LogP contribution < -0.4 is 51.4 Å². The minimum absolute atomic E-state index is 0. The molecule has 92 valence electrons. The molecule has 0 saturated heterocycles. The van der Waals surface area contributed by atoms with E-state index in [1.165, 1.54) is 0 Å². The zero-order valence-electron chi connectivity index (χ0n) is 8.69. The van der Waals surface area contributed by atoms with E-state index in [1.807, 2.05) is 0 Å². The predicted molar refractivity (Wildman–Crippen MR) is 52.7 cm³/mol. The Morgan fingerprint density at radius 2 is 1.61 bits per heavy atom. The van der Waals surface area contributed by atoms with Gasteiger partial charge in [-0.25, -0.2) is 8.42 Å². The Kier molecular flexibility index (Phi) is 6.29. The van der Waals surface area contributed by atoms with E-state index in [4.69, 9.17) is 11.6 Å². The number of nitro groups is 2. The normalized spacial score (nSPS) is 10.6. The summed E-state index contributed by atoms with van der Waals surface area (Å²) < 4.78 is 31.9. The average Bonchev–Trinajstić information content (AvgIpc) is 2.13. The van der Waals surface area contributed by atoms with Crippen LogP contribution in [0.1, 0.15) is 0 Å². The molecule has 1 aromatic rings. The third-order valence-corrected chi connectivity index (χ3v) is 2.79. The van der Waals surface area contributed by atoms with Gasteiger partial charge in [0.2, 0.25) is 0 Å². The van der Waals surface area contributed by atoms with Gasteiger partial charge < -0.3 is 4.55 Å². The summed E-state index contributed by atoms with van der Waals surface area (Å²) in [6, 6.07) is 0.793. The second-order valence-electron chi connectivity index (χ2n) is 2.74. The molecule has 12 heteroatoms. The number of nitrogens with zero attached hydrogens (tertiary/aromatic N) is 2. The first-order valence-corrected chi connectivity index (χ1v) is 5.51. The Morgan fingerprint density at radius 1 is 1.11 bits per heavy atom. The van der Waals surface area contributed by atoms with Crippen molar-refractivity contribution in [2.75, 3.05) is 0 Å². The molecule has 0 amide bonds. The minimum Gasteiger partial charge on any atom is -0.744 e. The second-order valence-corrected chi connectivity index (χ2v) is 4.53. The van der Waals surface area contributed by atoms with Crippen molar-refractivity contribution in [3.05, 3.63) is 37.4 Å². The maximum atomic E-state index is 10.6. The molecule has 0 saturated carbocycles. The first-order valence-electron chi connectivity index (χ1n) is 3.73. The van der Waals surface area contributed by atoms with Crippen molar-refractivity contribution in [2.24, 2.45) is 0 Å². The summed E-state index contributed by atoms with van der Waals surface area (Å²) in [6.45, 7) is 0. The van der Waals surface area contributed by atoms with Crippen LogP contribution in [-0.4, -0.2) is 22.8 Å². The van der Waals surface area contributed by atoms with Gasteiger partial charge in [-0.2, -0.15) is 0 Å². The summed E-state index contributed by atoms with van der Waals surface area (Å²) in [6.07, 6.45) is 0. The van der Waals surface area contributed by atoms with E-state index in [2.05, 4.69) is 0 Å². The van der Waals surface area contributed by atoms with Gasteiger partial charge >= 0.3 is 62.8 Å². The molecule has 0 radical (unpaired) electrons. The van der Waals surface area contributed by atoms with E-state index in [0.717, 1.165) is 0 Å². The molecule has 1 aromatic carbocycles. The predicted octanol–water partition coefficient (Wildman–Crippen LogP) is -1.94. The summed E-state index contributed by atoms with van der Waals surface area (Å²) >= 11 is 5.33. The smallest absolute Gasteiger partial charge is 0.744 e. The molecule has 0 unspecified atom stereocenters. The third kappa shape index (κ3) is 3.93. The van der Waals surface area contributed by atoms with Crippen molar-refractivity contribution in [3.8, 4) is 0 Å². The average molecular weight is 321 g/mol. The van der Waals surface area contributed by atoms with E-state index in [1.54, 1.807) is 0 Å². The quantitative estimate of drug-likeness (QED) is 0.273. The molecule has 0 bridgehead atoms. The van der Waals surface area contributed by atoms with Crippen molar-refractivity contribution < 1.29 is 74.2 Å². The van der Waals surface area contributed by atoms with Crippen molar-refractivity contribution in [2.45, 2.75) is 4.90 Å². The van der Waals surface area contributed by atoms with Crippen LogP contribution in [-0.2, 0) is 10.1 Å². The van der Waals surface area contributed by atoms with Crippen LogP contribution in [0.2, 0.25) is 5.02 Å². The van der Waals surface area contributed by atoms with Gasteiger partial charge in [-0.3, -0.25) is 20.2 Å². The summed E-state index contributed by atoms with van der Waals surface area (Å²) in [5.74, 6) is 0. The fourth-order valence-electron chi connectivity index (χ4n) is 1.02. The summed E-state index contributed by atoms with van der Waals surface area (Å²) in [7, 11) is -4.99. The Morgan fingerprint density at radius 3 is 1.94 bits per heavy atom. The van der Waals surface area contributed by atoms with Crippen LogP contribution in [0.3, 0.4) is 0 Å². The van der Waals surface area contributed by atoms with Crippen molar-refractivity contribution >= 4 is 33.1 Å². The van der Waals surface area contributed by atoms with Gasteiger partial charge in [0.05, 0.1) is 14.7 Å². The topological polar surface area (TPSA) is 143 Å². The molecular formula is C6H2ClKN2O7S.